The van der Waals surface area contributed by atoms with Gasteiger partial charge in [0.2, 0.25) is 0 Å². The molecule has 1 aliphatic rings. The summed E-state index contributed by atoms with van der Waals surface area (Å²) in [4.78, 5) is 14.2. The first-order chi connectivity index (χ1) is 5.36. The van der Waals surface area contributed by atoms with Gasteiger partial charge in [-0.2, -0.15) is 0 Å². The predicted octanol–water partition coefficient (Wildman–Crippen LogP) is -1.25. The minimum Gasteiger partial charge on any atom is -0.381 e. The Kier molecular flexibility index (Phi) is 3.48. The summed E-state index contributed by atoms with van der Waals surface area (Å²) in [7, 11) is 0. The van der Waals surface area contributed by atoms with Crippen molar-refractivity contribution >= 4 is 6.29 Å². The summed E-state index contributed by atoms with van der Waals surface area (Å²) in [5.41, 5.74) is 0. The van der Waals surface area contributed by atoms with Crippen LogP contribution in [0.25, 0.3) is 0 Å². The number of aliphatic hydroxyl groups is 1. The fraction of sp³-hybridized carbons (Fsp3) is 0.857. The van der Waals surface area contributed by atoms with E-state index >= 15 is 0 Å². The van der Waals surface area contributed by atoms with E-state index in [9.17, 15) is 4.79 Å². The van der Waals surface area contributed by atoms with Gasteiger partial charge in [-0.05, 0) is 0 Å². The fourth-order valence-corrected chi connectivity index (χ4v) is 1.22. The second-order valence-corrected chi connectivity index (χ2v) is 2.73. The molecule has 1 saturated heterocycles. The molecule has 4 nitrogen and oxygen atoms in total. The fourth-order valence-electron chi connectivity index (χ4n) is 1.22. The summed E-state index contributed by atoms with van der Waals surface area (Å²) in [6.07, 6.45) is 0.925. The van der Waals surface area contributed by atoms with Gasteiger partial charge in [0.05, 0.1) is 13.3 Å². The van der Waals surface area contributed by atoms with Crippen molar-refractivity contribution in [3.05, 3.63) is 0 Å². The van der Waals surface area contributed by atoms with Crippen LogP contribution in [0.15, 0.2) is 0 Å². The van der Waals surface area contributed by atoms with Gasteiger partial charge in [0.1, 0.15) is 6.29 Å². The number of aliphatic hydroxyl groups excluding tert-OH is 1. The molecule has 64 valence electrons. The summed E-state index contributed by atoms with van der Waals surface area (Å²) in [5.74, 6) is 0. The largest absolute Gasteiger partial charge is 0.381 e. The zero-order valence-corrected chi connectivity index (χ0v) is 6.57. The molecular formula is C7H14N2O2. The SMILES string of the molecule is O=CCN1CCN(CO)CC1. The van der Waals surface area contributed by atoms with Crippen LogP contribution in [0.3, 0.4) is 0 Å². The maximum Gasteiger partial charge on any atom is 0.133 e. The third-order valence-electron chi connectivity index (χ3n) is 2.00. The third-order valence-corrected chi connectivity index (χ3v) is 2.00. The van der Waals surface area contributed by atoms with Crippen LogP contribution in [0.5, 0.6) is 0 Å². The van der Waals surface area contributed by atoms with Gasteiger partial charge >= 0.3 is 0 Å². The van der Waals surface area contributed by atoms with Gasteiger partial charge < -0.3 is 9.90 Å². The molecule has 11 heavy (non-hydrogen) atoms. The van der Waals surface area contributed by atoms with E-state index < -0.39 is 0 Å². The molecule has 1 N–H and O–H groups in total. The number of piperazine rings is 1. The first kappa shape index (κ1) is 8.64. The van der Waals surface area contributed by atoms with E-state index in [1.165, 1.54) is 0 Å². The lowest BCUT2D eigenvalue weighted by Gasteiger charge is -2.32. The number of aldehydes is 1. The first-order valence-corrected chi connectivity index (χ1v) is 3.86. The average molecular weight is 158 g/mol. The Labute approximate surface area is 66.4 Å². The van der Waals surface area contributed by atoms with Gasteiger partial charge in [-0.1, -0.05) is 0 Å². The van der Waals surface area contributed by atoms with Gasteiger partial charge in [0.25, 0.3) is 0 Å². The molecule has 0 amide bonds. The van der Waals surface area contributed by atoms with E-state index in [1.54, 1.807) is 0 Å². The zero-order chi connectivity index (χ0) is 8.10. The molecule has 1 fully saturated rings. The van der Waals surface area contributed by atoms with Gasteiger partial charge in [-0.25, -0.2) is 0 Å². The minimum atomic E-state index is 0.134. The standard InChI is InChI=1S/C7H14N2O2/c10-6-5-8-1-3-9(7-11)4-2-8/h6,11H,1-5,7H2. The highest BCUT2D eigenvalue weighted by Crippen LogP contribution is 1.98. The Morgan fingerprint density at radius 2 is 1.73 bits per heavy atom. The molecule has 0 aromatic rings. The molecule has 0 aromatic heterocycles. The van der Waals surface area contributed by atoms with E-state index in [2.05, 4.69) is 4.90 Å². The van der Waals surface area contributed by atoms with Gasteiger partial charge in [-0.15, -0.1) is 0 Å². The molecule has 0 radical (unpaired) electrons. The summed E-state index contributed by atoms with van der Waals surface area (Å²) in [6.45, 7) is 4.17. The van der Waals surface area contributed by atoms with E-state index in [0.717, 1.165) is 32.5 Å². The van der Waals surface area contributed by atoms with E-state index in [0.29, 0.717) is 6.54 Å². The van der Waals surface area contributed by atoms with Crippen molar-refractivity contribution in [1.82, 2.24) is 9.80 Å². The van der Waals surface area contributed by atoms with E-state index in [-0.39, 0.29) is 6.73 Å². The smallest absolute Gasteiger partial charge is 0.133 e. The number of rotatable bonds is 3. The van der Waals surface area contributed by atoms with E-state index in [4.69, 9.17) is 5.11 Å². The molecular weight excluding hydrogens is 144 g/mol. The molecule has 0 atom stereocenters. The highest BCUT2D eigenvalue weighted by molar-refractivity contribution is 5.51. The van der Waals surface area contributed by atoms with Crippen LogP contribution in [-0.4, -0.2) is 60.6 Å². The number of nitrogens with zero attached hydrogens (tertiary/aromatic N) is 2. The number of carbonyl (C=O) groups excluding carboxylic acids is 1. The molecule has 0 aliphatic carbocycles. The molecule has 0 aromatic carbocycles. The van der Waals surface area contributed by atoms with Crippen molar-refractivity contribution in [2.75, 3.05) is 39.5 Å². The van der Waals surface area contributed by atoms with Crippen LogP contribution in [-0.2, 0) is 4.79 Å². The number of carbonyl (C=O) groups is 1. The molecule has 4 heteroatoms. The lowest BCUT2D eigenvalue weighted by Crippen LogP contribution is -2.46. The van der Waals surface area contributed by atoms with E-state index in [1.807, 2.05) is 4.90 Å². The summed E-state index contributed by atoms with van der Waals surface area (Å²) in [5, 5.41) is 8.75. The molecule has 1 aliphatic heterocycles. The molecule has 0 spiro atoms. The quantitative estimate of drug-likeness (QED) is 0.521. The number of hydrogen-bond donors (Lipinski definition) is 1. The Hall–Kier alpha value is -0.450. The summed E-state index contributed by atoms with van der Waals surface area (Å²) < 4.78 is 0. The summed E-state index contributed by atoms with van der Waals surface area (Å²) >= 11 is 0. The topological polar surface area (TPSA) is 43.8 Å². The van der Waals surface area contributed by atoms with Crippen molar-refractivity contribution in [3.63, 3.8) is 0 Å². The third kappa shape index (κ3) is 2.57. The molecule has 1 heterocycles. The van der Waals surface area contributed by atoms with Crippen molar-refractivity contribution in [3.8, 4) is 0 Å². The lowest BCUT2D eigenvalue weighted by molar-refractivity contribution is -0.109. The van der Waals surface area contributed by atoms with Gasteiger partial charge in [0, 0.05) is 26.2 Å². The lowest BCUT2D eigenvalue weighted by atomic mass is 10.3. The average Bonchev–Trinajstić information content (AvgIpc) is 2.07. The van der Waals surface area contributed by atoms with Crippen molar-refractivity contribution in [2.24, 2.45) is 0 Å². The van der Waals surface area contributed by atoms with Crippen molar-refractivity contribution in [1.29, 1.82) is 0 Å². The normalized spacial score (nSPS) is 21.9. The first-order valence-electron chi connectivity index (χ1n) is 3.86. The predicted molar refractivity (Wildman–Crippen MR) is 41.2 cm³/mol. The Bertz CT molecular complexity index is 122. The minimum absolute atomic E-state index is 0.134. The maximum absolute atomic E-state index is 10.1. The molecule has 1 rings (SSSR count). The number of hydrogen-bond acceptors (Lipinski definition) is 4. The van der Waals surface area contributed by atoms with Crippen LogP contribution >= 0.6 is 0 Å². The van der Waals surface area contributed by atoms with Gasteiger partial charge in [0.15, 0.2) is 0 Å². The monoisotopic (exact) mass is 158 g/mol. The van der Waals surface area contributed by atoms with Crippen molar-refractivity contribution < 1.29 is 9.90 Å². The zero-order valence-electron chi connectivity index (χ0n) is 6.57. The van der Waals surface area contributed by atoms with Crippen LogP contribution in [0.2, 0.25) is 0 Å². The van der Waals surface area contributed by atoms with Crippen LogP contribution in [0.4, 0.5) is 0 Å². The van der Waals surface area contributed by atoms with Crippen LogP contribution < -0.4 is 0 Å². The second kappa shape index (κ2) is 4.43. The molecule has 0 bridgehead atoms. The maximum atomic E-state index is 10.1. The highest BCUT2D eigenvalue weighted by atomic mass is 16.3. The second-order valence-electron chi connectivity index (χ2n) is 2.73. The molecule has 0 saturated carbocycles. The van der Waals surface area contributed by atoms with Crippen LogP contribution in [0, 0.1) is 0 Å². The van der Waals surface area contributed by atoms with Gasteiger partial charge in [-0.3, -0.25) is 9.80 Å². The Balaban J connectivity index is 2.18. The highest BCUT2D eigenvalue weighted by Gasteiger charge is 2.14. The van der Waals surface area contributed by atoms with Crippen LogP contribution in [0.1, 0.15) is 0 Å². The Morgan fingerprint density at radius 1 is 1.18 bits per heavy atom. The molecule has 0 unspecified atom stereocenters. The van der Waals surface area contributed by atoms with Crippen molar-refractivity contribution in [2.45, 2.75) is 0 Å². The Morgan fingerprint density at radius 3 is 2.18 bits per heavy atom. The summed E-state index contributed by atoms with van der Waals surface area (Å²) in [6, 6.07) is 0.